The first-order valence-electron chi connectivity index (χ1n) is 20.3. The van der Waals surface area contributed by atoms with Gasteiger partial charge in [-0.15, -0.1) is 0 Å². The second-order valence-corrected chi connectivity index (χ2v) is 15.5. The number of nitrogens with one attached hydrogen (secondary N) is 4. The van der Waals surface area contributed by atoms with Gasteiger partial charge in [-0.05, 0) is 111 Å². The number of pyridine rings is 1. The van der Waals surface area contributed by atoms with Crippen molar-refractivity contribution in [2.45, 2.75) is 78.6 Å². The minimum atomic E-state index is -0.420. The predicted molar refractivity (Wildman–Crippen MR) is 225 cm³/mol. The van der Waals surface area contributed by atoms with Gasteiger partial charge in [0.1, 0.15) is 6.04 Å². The van der Waals surface area contributed by atoms with Gasteiger partial charge < -0.3 is 30.2 Å². The number of H-pyrrole nitrogens is 1. The van der Waals surface area contributed by atoms with Gasteiger partial charge in [0.05, 0.1) is 0 Å². The Balaban J connectivity index is 1.06. The predicted octanol–water partition coefficient (Wildman–Crippen LogP) is 5.44. The zero-order valence-electron chi connectivity index (χ0n) is 33.6. The summed E-state index contributed by atoms with van der Waals surface area (Å²) in [5.74, 6) is -0.691. The van der Waals surface area contributed by atoms with Crippen molar-refractivity contribution in [1.29, 1.82) is 0 Å². The number of carbonyl (C=O) groups is 3. The van der Waals surface area contributed by atoms with Crippen LogP contribution < -0.4 is 31.3 Å². The summed E-state index contributed by atoms with van der Waals surface area (Å²) in [6.45, 7) is 14.6. The highest BCUT2D eigenvalue weighted by Gasteiger charge is 2.28. The highest BCUT2D eigenvalue weighted by Crippen LogP contribution is 2.35. The third kappa shape index (κ3) is 9.24. The second kappa shape index (κ2) is 17.8. The van der Waals surface area contributed by atoms with Gasteiger partial charge in [-0.25, -0.2) is 0 Å². The summed E-state index contributed by atoms with van der Waals surface area (Å²) in [6, 6.07) is 22.8. The van der Waals surface area contributed by atoms with Crippen LogP contribution in [-0.4, -0.2) is 85.6 Å². The normalized spacial score (nSPS) is 18.0. The number of benzene rings is 3. The van der Waals surface area contributed by atoms with Gasteiger partial charge in [-0.3, -0.25) is 29.4 Å². The van der Waals surface area contributed by atoms with Crippen molar-refractivity contribution in [3.63, 3.8) is 0 Å². The van der Waals surface area contributed by atoms with Gasteiger partial charge in [0, 0.05) is 105 Å². The number of hydrogen-bond donors (Lipinski definition) is 4. The lowest BCUT2D eigenvalue weighted by atomic mass is 9.95. The van der Waals surface area contributed by atoms with Gasteiger partial charge in [-0.1, -0.05) is 30.3 Å². The quantitative estimate of drug-likeness (QED) is 0.139. The van der Waals surface area contributed by atoms with Crippen LogP contribution in [0.5, 0.6) is 0 Å². The molecule has 3 fully saturated rings. The molecule has 3 saturated heterocycles. The number of ether oxygens (including phenoxy) is 1. The minimum Gasteiger partial charge on any atom is -0.381 e. The lowest BCUT2D eigenvalue weighted by Gasteiger charge is -2.37. The smallest absolute Gasteiger partial charge is 0.253 e. The minimum absolute atomic E-state index is 0.143. The summed E-state index contributed by atoms with van der Waals surface area (Å²) in [7, 11) is 0. The van der Waals surface area contributed by atoms with Crippen LogP contribution in [-0.2, 0) is 27.4 Å². The largest absolute Gasteiger partial charge is 0.381 e. The molecular weight excluding hydrogens is 719 g/mol. The number of aromatic amines is 1. The van der Waals surface area contributed by atoms with Crippen LogP contribution in [0.3, 0.4) is 0 Å². The topological polar surface area (TPSA) is 139 Å². The molecule has 0 aliphatic carbocycles. The number of rotatable bonds is 12. The van der Waals surface area contributed by atoms with E-state index < -0.39 is 6.04 Å². The van der Waals surface area contributed by atoms with Crippen molar-refractivity contribution < 1.29 is 19.1 Å². The van der Waals surface area contributed by atoms with Crippen LogP contribution in [0.4, 0.5) is 17.1 Å². The van der Waals surface area contributed by atoms with E-state index in [-0.39, 0.29) is 29.8 Å². The van der Waals surface area contributed by atoms with E-state index in [4.69, 9.17) is 4.74 Å². The molecule has 1 aromatic heterocycles. The van der Waals surface area contributed by atoms with Crippen molar-refractivity contribution in [2.75, 3.05) is 61.1 Å². The van der Waals surface area contributed by atoms with Gasteiger partial charge in [-0.2, -0.15) is 0 Å². The lowest BCUT2D eigenvalue weighted by Crippen LogP contribution is -2.48. The summed E-state index contributed by atoms with van der Waals surface area (Å²) >= 11 is 0. The molecule has 3 aliphatic heterocycles. The molecule has 0 bridgehead atoms. The number of carbonyl (C=O) groups excluding carboxylic acids is 3. The van der Waals surface area contributed by atoms with Crippen LogP contribution in [0.1, 0.15) is 70.9 Å². The third-order valence-electron chi connectivity index (χ3n) is 11.7. The first kappa shape index (κ1) is 39.8. The number of amides is 3. The Morgan fingerprint density at radius 3 is 2.33 bits per heavy atom. The number of hydrogen-bond acceptors (Lipinski definition) is 9. The summed E-state index contributed by atoms with van der Waals surface area (Å²) in [4.78, 5) is 60.9. The number of para-hydroxylation sites is 1. The monoisotopic (exact) mass is 773 g/mol. The Hall–Kier alpha value is -5.46. The fourth-order valence-corrected chi connectivity index (χ4v) is 8.47. The first-order chi connectivity index (χ1) is 27.6. The molecule has 300 valence electrons. The Morgan fingerprint density at radius 1 is 0.895 bits per heavy atom. The average molecular weight is 774 g/mol. The molecule has 4 heterocycles. The molecule has 3 amide bonds. The van der Waals surface area contributed by atoms with Gasteiger partial charge in [0.15, 0.2) is 0 Å². The van der Waals surface area contributed by atoms with Crippen LogP contribution in [0.15, 0.2) is 71.5 Å². The molecule has 1 unspecified atom stereocenters. The van der Waals surface area contributed by atoms with Crippen LogP contribution in [0.25, 0.3) is 11.1 Å². The average Bonchev–Trinajstić information content (AvgIpc) is 3.21. The number of nitrogens with zero attached hydrogens (tertiary/aromatic N) is 3. The van der Waals surface area contributed by atoms with Gasteiger partial charge in [0.25, 0.3) is 11.5 Å². The van der Waals surface area contributed by atoms with E-state index in [9.17, 15) is 19.2 Å². The molecule has 3 aromatic carbocycles. The molecule has 0 radical (unpaired) electrons. The van der Waals surface area contributed by atoms with Crippen molar-refractivity contribution in [1.82, 2.24) is 20.5 Å². The van der Waals surface area contributed by atoms with E-state index >= 15 is 0 Å². The number of piperazine rings is 1. The Bertz CT molecular complexity index is 2150. The summed E-state index contributed by atoms with van der Waals surface area (Å²) in [5, 5.41) is 8.88. The summed E-state index contributed by atoms with van der Waals surface area (Å²) in [6.07, 6.45) is 2.69. The first-order valence-corrected chi connectivity index (χ1v) is 20.3. The molecule has 3 aliphatic rings. The Kier molecular flexibility index (Phi) is 12.4. The highest BCUT2D eigenvalue weighted by atomic mass is 16.5. The van der Waals surface area contributed by atoms with E-state index in [1.54, 1.807) is 0 Å². The van der Waals surface area contributed by atoms with Gasteiger partial charge >= 0.3 is 0 Å². The van der Waals surface area contributed by atoms with E-state index in [0.717, 1.165) is 116 Å². The summed E-state index contributed by atoms with van der Waals surface area (Å²) < 4.78 is 5.70. The van der Waals surface area contributed by atoms with E-state index in [1.165, 1.54) is 0 Å². The number of imide groups is 1. The van der Waals surface area contributed by atoms with E-state index in [1.807, 2.05) is 51.1 Å². The molecule has 4 aromatic rings. The number of piperidine rings is 1. The van der Waals surface area contributed by atoms with Crippen molar-refractivity contribution in [3.8, 4) is 11.1 Å². The number of aromatic nitrogens is 1. The van der Waals surface area contributed by atoms with Crippen LogP contribution in [0, 0.1) is 20.8 Å². The molecule has 0 saturated carbocycles. The van der Waals surface area contributed by atoms with Crippen molar-refractivity contribution >= 4 is 34.8 Å². The third-order valence-corrected chi connectivity index (χ3v) is 11.7. The molecule has 0 spiro atoms. The Morgan fingerprint density at radius 2 is 1.63 bits per heavy atom. The molecule has 7 rings (SSSR count). The summed E-state index contributed by atoms with van der Waals surface area (Å²) in [5.41, 5.74) is 9.80. The molecular formula is C45H55N7O5. The van der Waals surface area contributed by atoms with Crippen LogP contribution in [0.2, 0.25) is 0 Å². The molecule has 4 N–H and O–H groups in total. The van der Waals surface area contributed by atoms with E-state index in [2.05, 4.69) is 79.0 Å². The maximum absolute atomic E-state index is 14.0. The zero-order chi connectivity index (χ0) is 40.1. The zero-order valence-corrected chi connectivity index (χ0v) is 33.6. The SMILES string of the molecule is CCN(c1cc(-c2ccc(N3CCN(Cc4ccccc4NC4CCC(=O)NC4=O)CC3)cc2)cc(C(=O)NCc2c(C)cc(C)[nH]c2=O)c1C)C1CCOCC1. The highest BCUT2D eigenvalue weighted by molar-refractivity contribution is 6.01. The fraction of sp³-hybridized carbons (Fsp3) is 0.422. The molecule has 1 atom stereocenters. The second-order valence-electron chi connectivity index (χ2n) is 15.5. The maximum Gasteiger partial charge on any atom is 0.253 e. The maximum atomic E-state index is 14.0. The Labute approximate surface area is 335 Å². The number of anilines is 3. The fourth-order valence-electron chi connectivity index (χ4n) is 8.47. The molecule has 12 nitrogen and oxygen atoms in total. The number of aryl methyl sites for hydroxylation is 2. The van der Waals surface area contributed by atoms with E-state index in [0.29, 0.717) is 30.0 Å². The van der Waals surface area contributed by atoms with Crippen molar-refractivity contribution in [3.05, 3.63) is 111 Å². The van der Waals surface area contributed by atoms with Crippen LogP contribution >= 0.6 is 0 Å². The van der Waals surface area contributed by atoms with Gasteiger partial charge in [0.2, 0.25) is 11.8 Å². The standard InChI is InChI=1S/C45H55N7O5/c1-5-52(36-16-22-57-23-17-36)41-26-34(25-37(31(41)4)43(54)46-27-38-29(2)24-30(3)47-44(38)55)32-10-12-35(13-11-32)51-20-18-50(19-21-51)28-33-8-6-7-9-39(33)48-40-14-15-42(53)49-45(40)56/h6-13,24-26,36,40,48H,5,14-23,27-28H2,1-4H3,(H,46,54)(H,47,55)(H,49,53,56). The molecule has 57 heavy (non-hydrogen) atoms. The molecule has 12 heteroatoms. The lowest BCUT2D eigenvalue weighted by molar-refractivity contribution is -0.133. The van der Waals surface area contributed by atoms with Crippen molar-refractivity contribution in [2.24, 2.45) is 0 Å².